The number of carbonyl (C=O) groups excluding carboxylic acids is 1. The van der Waals surface area contributed by atoms with E-state index < -0.39 is 0 Å². The van der Waals surface area contributed by atoms with E-state index in [0.29, 0.717) is 6.42 Å². The average molecular weight is 280 g/mol. The van der Waals surface area contributed by atoms with Crippen LogP contribution in [0.5, 0.6) is 0 Å². The highest BCUT2D eigenvalue weighted by Crippen LogP contribution is 2.24. The molecule has 1 atom stereocenters. The molecule has 1 fully saturated rings. The Bertz CT molecular complexity index is 577. The predicted octanol–water partition coefficient (Wildman–Crippen LogP) is 3.03. The summed E-state index contributed by atoms with van der Waals surface area (Å²) in [5, 5.41) is 0. The summed E-state index contributed by atoms with van der Waals surface area (Å²) in [6, 6.07) is 15.9. The van der Waals surface area contributed by atoms with E-state index in [2.05, 4.69) is 4.98 Å². The van der Waals surface area contributed by atoms with Gasteiger partial charge in [0.25, 0.3) is 0 Å². The zero-order valence-corrected chi connectivity index (χ0v) is 12.1. The lowest BCUT2D eigenvalue weighted by Gasteiger charge is -2.23. The highest BCUT2D eigenvalue weighted by atomic mass is 16.2. The summed E-state index contributed by atoms with van der Waals surface area (Å²) in [4.78, 5) is 19.2. The number of pyridine rings is 1. The molecule has 0 radical (unpaired) electrons. The molecule has 0 N–H and O–H groups in total. The summed E-state index contributed by atoms with van der Waals surface area (Å²) in [7, 11) is 0. The van der Waals surface area contributed by atoms with Crippen molar-refractivity contribution in [2.24, 2.45) is 0 Å². The first-order valence-corrected chi connectivity index (χ1v) is 7.58. The topological polar surface area (TPSA) is 33.2 Å². The van der Waals surface area contributed by atoms with Gasteiger partial charge in [-0.3, -0.25) is 9.78 Å². The Morgan fingerprint density at radius 3 is 2.43 bits per heavy atom. The molecular weight excluding hydrogens is 260 g/mol. The largest absolute Gasteiger partial charge is 0.342 e. The second kappa shape index (κ2) is 6.53. The van der Waals surface area contributed by atoms with Crippen molar-refractivity contribution in [2.45, 2.75) is 25.2 Å². The number of amides is 1. The van der Waals surface area contributed by atoms with Crippen molar-refractivity contribution in [1.29, 1.82) is 0 Å². The fraction of sp³-hybridized carbons (Fsp3) is 0.333. The maximum absolute atomic E-state index is 12.8. The van der Waals surface area contributed by atoms with Gasteiger partial charge in [-0.2, -0.15) is 0 Å². The number of rotatable bonds is 4. The van der Waals surface area contributed by atoms with Crippen molar-refractivity contribution >= 4 is 5.91 Å². The normalized spacial score (nSPS) is 15.9. The summed E-state index contributed by atoms with van der Waals surface area (Å²) in [6.07, 6.45) is 4.70. The molecule has 0 bridgehead atoms. The second-order valence-electron chi connectivity index (χ2n) is 5.52. The van der Waals surface area contributed by atoms with Crippen molar-refractivity contribution in [3.63, 3.8) is 0 Å². The predicted molar refractivity (Wildman–Crippen MR) is 82.9 cm³/mol. The quantitative estimate of drug-likeness (QED) is 0.862. The second-order valence-corrected chi connectivity index (χ2v) is 5.52. The molecule has 1 aliphatic heterocycles. The van der Waals surface area contributed by atoms with E-state index >= 15 is 0 Å². The van der Waals surface area contributed by atoms with Crippen LogP contribution in [0.3, 0.4) is 0 Å². The van der Waals surface area contributed by atoms with E-state index in [4.69, 9.17) is 0 Å². The third kappa shape index (κ3) is 3.30. The van der Waals surface area contributed by atoms with Crippen molar-refractivity contribution in [1.82, 2.24) is 9.88 Å². The molecule has 1 amide bonds. The first kappa shape index (κ1) is 13.8. The minimum absolute atomic E-state index is 0.126. The van der Waals surface area contributed by atoms with E-state index in [0.717, 1.165) is 37.2 Å². The summed E-state index contributed by atoms with van der Waals surface area (Å²) in [5.41, 5.74) is 2.05. The summed E-state index contributed by atoms with van der Waals surface area (Å²) >= 11 is 0. The maximum atomic E-state index is 12.8. The molecule has 2 heterocycles. The number of hydrogen-bond acceptors (Lipinski definition) is 2. The van der Waals surface area contributed by atoms with Gasteiger partial charge < -0.3 is 4.90 Å². The van der Waals surface area contributed by atoms with E-state index in [-0.39, 0.29) is 11.8 Å². The van der Waals surface area contributed by atoms with Crippen molar-refractivity contribution < 1.29 is 4.79 Å². The molecule has 1 unspecified atom stereocenters. The number of hydrogen-bond donors (Lipinski definition) is 0. The molecule has 21 heavy (non-hydrogen) atoms. The van der Waals surface area contributed by atoms with Gasteiger partial charge >= 0.3 is 0 Å². The Hall–Kier alpha value is -2.16. The van der Waals surface area contributed by atoms with Gasteiger partial charge in [0.05, 0.1) is 5.92 Å². The zero-order valence-electron chi connectivity index (χ0n) is 12.1. The van der Waals surface area contributed by atoms with E-state index in [1.54, 1.807) is 6.20 Å². The smallest absolute Gasteiger partial charge is 0.230 e. The molecular formula is C18H20N2O. The molecule has 1 saturated heterocycles. The standard InChI is InChI=1S/C18H20N2O/c21-18(20-12-6-7-13-20)17(15-8-2-1-3-9-15)14-16-10-4-5-11-19-16/h1-5,8-11,17H,6-7,12-14H2. The van der Waals surface area contributed by atoms with Crippen LogP contribution in [0.25, 0.3) is 0 Å². The molecule has 0 spiro atoms. The lowest BCUT2D eigenvalue weighted by Crippen LogP contribution is -2.33. The molecule has 3 heteroatoms. The fourth-order valence-electron chi connectivity index (χ4n) is 2.92. The Morgan fingerprint density at radius 2 is 1.76 bits per heavy atom. The first-order chi connectivity index (χ1) is 10.3. The van der Waals surface area contributed by atoms with Gasteiger partial charge in [0.2, 0.25) is 5.91 Å². The van der Waals surface area contributed by atoms with Crippen LogP contribution in [0.4, 0.5) is 0 Å². The molecule has 1 aromatic heterocycles. The highest BCUT2D eigenvalue weighted by molar-refractivity contribution is 5.84. The molecule has 0 aliphatic carbocycles. The van der Waals surface area contributed by atoms with Gasteiger partial charge in [0.1, 0.15) is 0 Å². The first-order valence-electron chi connectivity index (χ1n) is 7.58. The summed E-state index contributed by atoms with van der Waals surface area (Å²) in [5.74, 6) is 0.114. The van der Waals surface area contributed by atoms with Gasteiger partial charge in [-0.1, -0.05) is 36.4 Å². The van der Waals surface area contributed by atoms with E-state index in [9.17, 15) is 4.79 Å². The average Bonchev–Trinajstić information content (AvgIpc) is 3.08. The van der Waals surface area contributed by atoms with Crippen LogP contribution in [0.1, 0.15) is 30.0 Å². The summed E-state index contributed by atoms with van der Waals surface area (Å²) < 4.78 is 0. The minimum atomic E-state index is -0.126. The molecule has 2 aromatic rings. The summed E-state index contributed by atoms with van der Waals surface area (Å²) in [6.45, 7) is 1.79. The highest BCUT2D eigenvalue weighted by Gasteiger charge is 2.28. The molecule has 3 rings (SSSR count). The Labute approximate surface area is 125 Å². The Balaban J connectivity index is 1.85. The molecule has 0 saturated carbocycles. The van der Waals surface area contributed by atoms with E-state index in [1.165, 1.54) is 0 Å². The number of benzene rings is 1. The van der Waals surface area contributed by atoms with Gasteiger partial charge in [0.15, 0.2) is 0 Å². The van der Waals surface area contributed by atoms with Crippen LogP contribution in [0, 0.1) is 0 Å². The van der Waals surface area contributed by atoms with Crippen molar-refractivity contribution in [3.8, 4) is 0 Å². The Morgan fingerprint density at radius 1 is 1.05 bits per heavy atom. The third-order valence-electron chi connectivity index (χ3n) is 4.06. The molecule has 1 aliphatic rings. The van der Waals surface area contributed by atoms with Gasteiger partial charge in [-0.05, 0) is 30.5 Å². The minimum Gasteiger partial charge on any atom is -0.342 e. The van der Waals surface area contributed by atoms with Crippen LogP contribution in [0.15, 0.2) is 54.7 Å². The molecule has 3 nitrogen and oxygen atoms in total. The third-order valence-corrected chi connectivity index (χ3v) is 4.06. The number of nitrogens with zero attached hydrogens (tertiary/aromatic N) is 2. The number of aromatic nitrogens is 1. The van der Waals surface area contributed by atoms with Crippen LogP contribution in [-0.2, 0) is 11.2 Å². The lowest BCUT2D eigenvalue weighted by molar-refractivity contribution is -0.131. The van der Waals surface area contributed by atoms with Crippen LogP contribution < -0.4 is 0 Å². The van der Waals surface area contributed by atoms with Gasteiger partial charge in [0, 0.05) is 31.4 Å². The van der Waals surface area contributed by atoms with Crippen molar-refractivity contribution in [2.75, 3.05) is 13.1 Å². The molecule has 108 valence electrons. The van der Waals surface area contributed by atoms with Gasteiger partial charge in [-0.15, -0.1) is 0 Å². The molecule has 1 aromatic carbocycles. The van der Waals surface area contributed by atoms with Gasteiger partial charge in [-0.25, -0.2) is 0 Å². The number of likely N-dealkylation sites (tertiary alicyclic amines) is 1. The SMILES string of the molecule is O=C(C(Cc1ccccn1)c1ccccc1)N1CCCC1. The van der Waals surface area contributed by atoms with Crippen LogP contribution in [0.2, 0.25) is 0 Å². The Kier molecular flexibility index (Phi) is 4.29. The van der Waals surface area contributed by atoms with Crippen LogP contribution >= 0.6 is 0 Å². The lowest BCUT2D eigenvalue weighted by atomic mass is 9.92. The van der Waals surface area contributed by atoms with E-state index in [1.807, 2.05) is 53.4 Å². The number of carbonyl (C=O) groups is 1. The van der Waals surface area contributed by atoms with Crippen molar-refractivity contribution in [3.05, 3.63) is 66.0 Å². The maximum Gasteiger partial charge on any atom is 0.230 e. The zero-order chi connectivity index (χ0) is 14.5. The monoisotopic (exact) mass is 280 g/mol. The van der Waals surface area contributed by atoms with Crippen LogP contribution in [-0.4, -0.2) is 28.9 Å². The fourth-order valence-corrected chi connectivity index (χ4v) is 2.92.